The van der Waals surface area contributed by atoms with E-state index in [1.54, 1.807) is 17.8 Å². The van der Waals surface area contributed by atoms with Crippen LogP contribution in [0.1, 0.15) is 31.9 Å². The van der Waals surface area contributed by atoms with Crippen molar-refractivity contribution in [3.63, 3.8) is 0 Å². The lowest BCUT2D eigenvalue weighted by Crippen LogP contribution is -2.10. The molecule has 158 valence electrons. The number of aromatic nitrogens is 3. The van der Waals surface area contributed by atoms with Crippen molar-refractivity contribution in [2.75, 3.05) is 0 Å². The number of benzene rings is 3. The van der Waals surface area contributed by atoms with E-state index in [-0.39, 0.29) is 11.2 Å². The normalized spacial score (nSPS) is 11.6. The van der Waals surface area contributed by atoms with Crippen LogP contribution in [-0.2, 0) is 11.2 Å². The van der Waals surface area contributed by atoms with Gasteiger partial charge in [-0.25, -0.2) is 4.39 Å². The van der Waals surface area contributed by atoms with Crippen molar-refractivity contribution in [2.24, 2.45) is 0 Å². The van der Waals surface area contributed by atoms with E-state index in [2.05, 4.69) is 43.1 Å². The lowest BCUT2D eigenvalue weighted by molar-refractivity contribution is 0.590. The summed E-state index contributed by atoms with van der Waals surface area (Å²) in [5, 5.41) is 10.3. The van der Waals surface area contributed by atoms with Crippen molar-refractivity contribution in [1.29, 1.82) is 0 Å². The maximum absolute atomic E-state index is 14.0. The van der Waals surface area contributed by atoms with E-state index < -0.39 is 0 Å². The number of nitrogens with zero attached hydrogens (tertiary/aromatic N) is 3. The van der Waals surface area contributed by atoms with Crippen molar-refractivity contribution in [1.82, 2.24) is 14.8 Å². The molecule has 0 aliphatic carbocycles. The first-order valence-corrected chi connectivity index (χ1v) is 11.4. The molecule has 0 spiro atoms. The number of rotatable bonds is 5. The van der Waals surface area contributed by atoms with E-state index in [4.69, 9.17) is 11.6 Å². The molecule has 31 heavy (non-hydrogen) atoms. The van der Waals surface area contributed by atoms with Crippen molar-refractivity contribution >= 4 is 23.4 Å². The third kappa shape index (κ3) is 5.00. The molecule has 4 aromatic rings. The van der Waals surface area contributed by atoms with E-state index in [0.29, 0.717) is 27.4 Å². The lowest BCUT2D eigenvalue weighted by Gasteiger charge is -2.19. The molecule has 0 aliphatic heterocycles. The van der Waals surface area contributed by atoms with Crippen LogP contribution in [-0.4, -0.2) is 14.8 Å². The van der Waals surface area contributed by atoms with Gasteiger partial charge in [-0.2, -0.15) is 0 Å². The maximum atomic E-state index is 14.0. The fraction of sp³-hybridized carbons (Fsp3) is 0.200. The molecular formula is C25H23ClFN3S. The Morgan fingerprint density at radius 3 is 2.29 bits per heavy atom. The fourth-order valence-corrected chi connectivity index (χ4v) is 4.28. The molecule has 6 heteroatoms. The molecular weight excluding hydrogens is 429 g/mol. The molecule has 0 unspecified atom stereocenters. The Bertz CT molecular complexity index is 1180. The lowest BCUT2D eigenvalue weighted by atomic mass is 9.87. The molecule has 0 saturated heterocycles. The van der Waals surface area contributed by atoms with Crippen LogP contribution in [0, 0.1) is 5.82 Å². The van der Waals surface area contributed by atoms with Crippen LogP contribution in [0.15, 0.2) is 78.0 Å². The van der Waals surface area contributed by atoms with E-state index in [1.165, 1.54) is 17.7 Å². The highest BCUT2D eigenvalue weighted by Crippen LogP contribution is 2.31. The summed E-state index contributed by atoms with van der Waals surface area (Å²) in [6.45, 7) is 6.55. The average Bonchev–Trinajstić information content (AvgIpc) is 3.17. The Hall–Kier alpha value is -2.63. The van der Waals surface area contributed by atoms with E-state index in [1.807, 2.05) is 47.0 Å². The molecule has 0 saturated carbocycles. The van der Waals surface area contributed by atoms with Gasteiger partial charge < -0.3 is 0 Å². The molecule has 0 radical (unpaired) electrons. The van der Waals surface area contributed by atoms with Crippen LogP contribution in [0.25, 0.3) is 17.1 Å². The van der Waals surface area contributed by atoms with Gasteiger partial charge in [-0.15, -0.1) is 10.2 Å². The summed E-state index contributed by atoms with van der Waals surface area (Å²) < 4.78 is 15.9. The molecule has 0 fully saturated rings. The highest BCUT2D eigenvalue weighted by atomic mass is 35.5. The summed E-state index contributed by atoms with van der Waals surface area (Å²) in [5.41, 5.74) is 4.06. The van der Waals surface area contributed by atoms with Gasteiger partial charge in [0, 0.05) is 16.3 Å². The SMILES string of the molecule is CC(C)(C)c1ccc(-c2nnc(SCc3ccc(Cl)cc3)n2-c2cccc(F)c2)cc1. The summed E-state index contributed by atoms with van der Waals surface area (Å²) in [7, 11) is 0. The topological polar surface area (TPSA) is 30.7 Å². The third-order valence-corrected chi connectivity index (χ3v) is 6.24. The summed E-state index contributed by atoms with van der Waals surface area (Å²) in [6, 6.07) is 22.6. The number of hydrogen-bond acceptors (Lipinski definition) is 3. The highest BCUT2D eigenvalue weighted by Gasteiger charge is 2.18. The summed E-state index contributed by atoms with van der Waals surface area (Å²) in [4.78, 5) is 0. The molecule has 0 bridgehead atoms. The molecule has 0 aliphatic rings. The molecule has 0 N–H and O–H groups in total. The highest BCUT2D eigenvalue weighted by molar-refractivity contribution is 7.98. The summed E-state index contributed by atoms with van der Waals surface area (Å²) in [6.07, 6.45) is 0. The van der Waals surface area contributed by atoms with Crippen molar-refractivity contribution in [3.8, 4) is 17.1 Å². The molecule has 0 atom stereocenters. The zero-order chi connectivity index (χ0) is 22.0. The van der Waals surface area contributed by atoms with Gasteiger partial charge in [0.25, 0.3) is 0 Å². The number of hydrogen-bond donors (Lipinski definition) is 0. The quantitative estimate of drug-likeness (QED) is 0.298. The molecule has 1 heterocycles. The second-order valence-corrected chi connectivity index (χ2v) is 9.74. The Kier molecular flexibility index (Phi) is 6.17. The zero-order valence-electron chi connectivity index (χ0n) is 17.6. The van der Waals surface area contributed by atoms with Crippen LogP contribution in [0.5, 0.6) is 0 Å². The molecule has 4 rings (SSSR count). The molecule has 3 nitrogen and oxygen atoms in total. The van der Waals surface area contributed by atoms with Gasteiger partial charge >= 0.3 is 0 Å². The minimum atomic E-state index is -0.297. The minimum absolute atomic E-state index is 0.0638. The van der Waals surface area contributed by atoms with Gasteiger partial charge in [0.2, 0.25) is 0 Å². The monoisotopic (exact) mass is 451 g/mol. The van der Waals surface area contributed by atoms with Crippen LogP contribution in [0.2, 0.25) is 5.02 Å². The Morgan fingerprint density at radius 2 is 1.65 bits per heavy atom. The van der Waals surface area contributed by atoms with E-state index in [0.717, 1.165) is 11.1 Å². The Labute approximate surface area is 191 Å². The standard InChI is InChI=1S/C25H23ClFN3S/c1-25(2,3)19-11-9-18(10-12-19)23-28-29-24(30(23)22-6-4-5-21(27)15-22)31-16-17-7-13-20(26)14-8-17/h4-15H,16H2,1-3H3. The van der Waals surface area contributed by atoms with E-state index >= 15 is 0 Å². The minimum Gasteiger partial charge on any atom is -0.270 e. The molecule has 1 aromatic heterocycles. The van der Waals surface area contributed by atoms with Gasteiger partial charge in [0.1, 0.15) is 5.82 Å². The predicted molar refractivity (Wildman–Crippen MR) is 126 cm³/mol. The summed E-state index contributed by atoms with van der Waals surface area (Å²) in [5.74, 6) is 1.09. The average molecular weight is 452 g/mol. The summed E-state index contributed by atoms with van der Waals surface area (Å²) >= 11 is 7.54. The van der Waals surface area contributed by atoms with Crippen molar-refractivity contribution in [3.05, 3.63) is 94.8 Å². The van der Waals surface area contributed by atoms with Gasteiger partial charge in [0.15, 0.2) is 11.0 Å². The predicted octanol–water partition coefficient (Wildman–Crippen LogP) is 7.32. The first kappa shape index (κ1) is 21.6. The third-order valence-electron chi connectivity index (χ3n) is 4.99. The second-order valence-electron chi connectivity index (χ2n) is 8.36. The van der Waals surface area contributed by atoms with E-state index in [9.17, 15) is 4.39 Å². The fourth-order valence-electron chi connectivity index (χ4n) is 3.25. The first-order chi connectivity index (χ1) is 14.8. The van der Waals surface area contributed by atoms with Crippen LogP contribution in [0.4, 0.5) is 4.39 Å². The van der Waals surface area contributed by atoms with Gasteiger partial charge in [-0.1, -0.05) is 86.6 Å². The van der Waals surface area contributed by atoms with Crippen molar-refractivity contribution in [2.45, 2.75) is 37.1 Å². The van der Waals surface area contributed by atoms with Gasteiger partial charge in [-0.05, 0) is 46.9 Å². The Balaban J connectivity index is 1.72. The second kappa shape index (κ2) is 8.85. The molecule has 3 aromatic carbocycles. The van der Waals surface area contributed by atoms with Crippen LogP contribution < -0.4 is 0 Å². The van der Waals surface area contributed by atoms with Crippen LogP contribution in [0.3, 0.4) is 0 Å². The zero-order valence-corrected chi connectivity index (χ0v) is 19.2. The number of halogens is 2. The maximum Gasteiger partial charge on any atom is 0.196 e. The number of thioether (sulfide) groups is 1. The van der Waals surface area contributed by atoms with Crippen molar-refractivity contribution < 1.29 is 4.39 Å². The molecule has 0 amide bonds. The Morgan fingerprint density at radius 1 is 0.935 bits per heavy atom. The van der Waals surface area contributed by atoms with Gasteiger partial charge in [-0.3, -0.25) is 4.57 Å². The van der Waals surface area contributed by atoms with Gasteiger partial charge in [0.05, 0.1) is 5.69 Å². The first-order valence-electron chi connectivity index (χ1n) is 10.0. The smallest absolute Gasteiger partial charge is 0.196 e. The largest absolute Gasteiger partial charge is 0.270 e. The van der Waals surface area contributed by atoms with Crippen LogP contribution >= 0.6 is 23.4 Å².